The SMILES string of the molecule is Cn1cc2c(n1)CCCC2C(=O)N1CCN(CC2CCCCC2)CC1. The minimum Gasteiger partial charge on any atom is -0.340 e. The van der Waals surface area contributed by atoms with Gasteiger partial charge in [0.1, 0.15) is 0 Å². The summed E-state index contributed by atoms with van der Waals surface area (Å²) in [7, 11) is 1.96. The van der Waals surface area contributed by atoms with Crippen molar-refractivity contribution in [3.63, 3.8) is 0 Å². The topological polar surface area (TPSA) is 41.4 Å². The van der Waals surface area contributed by atoms with Crippen LogP contribution in [0.25, 0.3) is 0 Å². The molecule has 0 radical (unpaired) electrons. The van der Waals surface area contributed by atoms with Gasteiger partial charge in [-0.3, -0.25) is 14.4 Å². The molecule has 2 heterocycles. The van der Waals surface area contributed by atoms with Gasteiger partial charge in [0.25, 0.3) is 0 Å². The molecule has 4 rings (SSSR count). The first-order valence-corrected chi connectivity index (χ1v) is 10.2. The number of carbonyl (C=O) groups is 1. The number of fused-ring (bicyclic) bond motifs is 1. The molecule has 138 valence electrons. The van der Waals surface area contributed by atoms with Crippen molar-refractivity contribution in [2.45, 2.75) is 57.3 Å². The Labute approximate surface area is 151 Å². The fourth-order valence-corrected chi connectivity index (χ4v) is 5.03. The van der Waals surface area contributed by atoms with Gasteiger partial charge in [0.2, 0.25) is 5.91 Å². The molecule has 5 nitrogen and oxygen atoms in total. The Hall–Kier alpha value is -1.36. The summed E-state index contributed by atoms with van der Waals surface area (Å²) in [6.07, 6.45) is 12.2. The molecule has 0 spiro atoms. The van der Waals surface area contributed by atoms with Gasteiger partial charge in [-0.15, -0.1) is 0 Å². The molecule has 1 unspecified atom stereocenters. The van der Waals surface area contributed by atoms with Crippen molar-refractivity contribution < 1.29 is 4.79 Å². The van der Waals surface area contributed by atoms with E-state index in [9.17, 15) is 4.79 Å². The highest BCUT2D eigenvalue weighted by atomic mass is 16.2. The summed E-state index contributed by atoms with van der Waals surface area (Å²) in [5, 5.41) is 4.54. The number of amides is 1. The fraction of sp³-hybridized carbons (Fsp3) is 0.800. The third-order valence-corrected chi connectivity index (χ3v) is 6.44. The molecule has 0 aromatic carbocycles. The van der Waals surface area contributed by atoms with Crippen LogP contribution in [-0.4, -0.2) is 58.2 Å². The molecule has 1 saturated heterocycles. The average Bonchev–Trinajstić information content (AvgIpc) is 3.03. The quantitative estimate of drug-likeness (QED) is 0.846. The van der Waals surface area contributed by atoms with Crippen LogP contribution in [0.5, 0.6) is 0 Å². The van der Waals surface area contributed by atoms with Crippen molar-refractivity contribution in [3.05, 3.63) is 17.5 Å². The lowest BCUT2D eigenvalue weighted by Crippen LogP contribution is -2.51. The molecule has 1 aromatic rings. The molecule has 1 aromatic heterocycles. The van der Waals surface area contributed by atoms with E-state index in [-0.39, 0.29) is 5.92 Å². The second-order valence-corrected chi connectivity index (χ2v) is 8.28. The van der Waals surface area contributed by atoms with Crippen LogP contribution in [0.15, 0.2) is 6.20 Å². The van der Waals surface area contributed by atoms with E-state index in [1.807, 2.05) is 11.7 Å². The summed E-state index contributed by atoms with van der Waals surface area (Å²) in [5.74, 6) is 1.28. The largest absolute Gasteiger partial charge is 0.340 e. The summed E-state index contributed by atoms with van der Waals surface area (Å²) >= 11 is 0. The molecule has 5 heteroatoms. The number of hydrogen-bond donors (Lipinski definition) is 0. The maximum Gasteiger partial charge on any atom is 0.230 e. The first-order chi connectivity index (χ1) is 12.2. The second-order valence-electron chi connectivity index (χ2n) is 8.28. The molecule has 0 bridgehead atoms. The second kappa shape index (κ2) is 7.48. The van der Waals surface area contributed by atoms with Crippen LogP contribution in [0.1, 0.15) is 62.1 Å². The highest BCUT2D eigenvalue weighted by Crippen LogP contribution is 2.32. The van der Waals surface area contributed by atoms with Crippen molar-refractivity contribution in [2.75, 3.05) is 32.7 Å². The lowest BCUT2D eigenvalue weighted by atomic mass is 9.86. The Morgan fingerprint density at radius 3 is 2.60 bits per heavy atom. The molecule has 1 aliphatic heterocycles. The Morgan fingerprint density at radius 2 is 1.84 bits per heavy atom. The van der Waals surface area contributed by atoms with Gasteiger partial charge >= 0.3 is 0 Å². The standard InChI is InChI=1S/C20H32N4O/c1-22-15-18-17(8-5-9-19(18)21-22)20(25)24-12-10-23(11-13-24)14-16-6-3-2-4-7-16/h15-17H,2-14H2,1H3. The summed E-state index contributed by atoms with van der Waals surface area (Å²) in [4.78, 5) is 17.8. The van der Waals surface area contributed by atoms with Gasteiger partial charge in [-0.1, -0.05) is 19.3 Å². The van der Waals surface area contributed by atoms with Crippen molar-refractivity contribution in [1.29, 1.82) is 0 Å². The maximum atomic E-state index is 13.1. The lowest BCUT2D eigenvalue weighted by Gasteiger charge is -2.38. The number of nitrogens with zero attached hydrogens (tertiary/aromatic N) is 4. The average molecular weight is 345 g/mol. The first kappa shape index (κ1) is 17.1. The van der Waals surface area contributed by atoms with E-state index in [1.165, 1.54) is 44.2 Å². The molecule has 25 heavy (non-hydrogen) atoms. The van der Waals surface area contributed by atoms with Gasteiger partial charge in [0.15, 0.2) is 0 Å². The van der Waals surface area contributed by atoms with Gasteiger partial charge in [-0.2, -0.15) is 5.10 Å². The van der Waals surface area contributed by atoms with E-state index < -0.39 is 0 Å². The van der Waals surface area contributed by atoms with E-state index >= 15 is 0 Å². The Kier molecular flexibility index (Phi) is 5.11. The van der Waals surface area contributed by atoms with Crippen LogP contribution in [0.4, 0.5) is 0 Å². The van der Waals surface area contributed by atoms with Crippen LogP contribution in [0, 0.1) is 5.92 Å². The number of carbonyl (C=O) groups excluding carboxylic acids is 1. The van der Waals surface area contributed by atoms with E-state index in [0.29, 0.717) is 5.91 Å². The highest BCUT2D eigenvalue weighted by Gasteiger charge is 2.33. The van der Waals surface area contributed by atoms with Crippen LogP contribution in [0.2, 0.25) is 0 Å². The molecular weight excluding hydrogens is 312 g/mol. The van der Waals surface area contributed by atoms with Gasteiger partial charge < -0.3 is 4.90 Å². The number of piperazine rings is 1. The van der Waals surface area contributed by atoms with Crippen molar-refractivity contribution in [3.8, 4) is 0 Å². The van der Waals surface area contributed by atoms with E-state index in [4.69, 9.17) is 0 Å². The van der Waals surface area contributed by atoms with Crippen LogP contribution >= 0.6 is 0 Å². The number of aromatic nitrogens is 2. The Morgan fingerprint density at radius 1 is 1.08 bits per heavy atom. The van der Waals surface area contributed by atoms with Gasteiger partial charge in [-0.25, -0.2) is 0 Å². The fourth-order valence-electron chi connectivity index (χ4n) is 5.03. The molecule has 1 atom stereocenters. The molecular formula is C20H32N4O. The zero-order valence-corrected chi connectivity index (χ0v) is 15.6. The molecule has 3 aliphatic rings. The van der Waals surface area contributed by atoms with Gasteiger partial charge in [0, 0.05) is 51.5 Å². The smallest absolute Gasteiger partial charge is 0.230 e. The van der Waals surface area contributed by atoms with Crippen LogP contribution in [0.3, 0.4) is 0 Å². The Bertz CT molecular complexity index is 597. The monoisotopic (exact) mass is 344 g/mol. The number of hydrogen-bond acceptors (Lipinski definition) is 3. The summed E-state index contributed by atoms with van der Waals surface area (Å²) in [5.41, 5.74) is 2.33. The summed E-state index contributed by atoms with van der Waals surface area (Å²) < 4.78 is 1.87. The first-order valence-electron chi connectivity index (χ1n) is 10.2. The number of aryl methyl sites for hydroxylation is 2. The maximum absolute atomic E-state index is 13.1. The van der Waals surface area contributed by atoms with Crippen LogP contribution < -0.4 is 0 Å². The highest BCUT2D eigenvalue weighted by molar-refractivity contribution is 5.84. The predicted molar refractivity (Wildman–Crippen MR) is 98.5 cm³/mol. The van der Waals surface area contributed by atoms with Gasteiger partial charge in [0.05, 0.1) is 11.6 Å². The molecule has 1 amide bonds. The lowest BCUT2D eigenvalue weighted by molar-refractivity contribution is -0.135. The van der Waals surface area contributed by atoms with Gasteiger partial charge in [-0.05, 0) is 38.0 Å². The normalized spacial score (nSPS) is 25.8. The van der Waals surface area contributed by atoms with Crippen molar-refractivity contribution in [2.24, 2.45) is 13.0 Å². The van der Waals surface area contributed by atoms with E-state index in [0.717, 1.165) is 57.1 Å². The minimum atomic E-state index is 0.0438. The summed E-state index contributed by atoms with van der Waals surface area (Å²) in [6.45, 7) is 5.15. The zero-order valence-electron chi connectivity index (χ0n) is 15.6. The number of rotatable bonds is 3. The van der Waals surface area contributed by atoms with E-state index in [2.05, 4.69) is 21.1 Å². The van der Waals surface area contributed by atoms with Crippen LogP contribution in [-0.2, 0) is 18.3 Å². The third-order valence-electron chi connectivity index (χ3n) is 6.44. The molecule has 2 fully saturated rings. The zero-order chi connectivity index (χ0) is 17.2. The third kappa shape index (κ3) is 3.76. The van der Waals surface area contributed by atoms with E-state index in [1.54, 1.807) is 0 Å². The van der Waals surface area contributed by atoms with Crippen molar-refractivity contribution >= 4 is 5.91 Å². The molecule has 0 N–H and O–H groups in total. The minimum absolute atomic E-state index is 0.0438. The molecule has 2 aliphatic carbocycles. The predicted octanol–water partition coefficient (Wildman–Crippen LogP) is 2.56. The Balaban J connectivity index is 1.32. The summed E-state index contributed by atoms with van der Waals surface area (Å²) in [6, 6.07) is 0. The molecule has 1 saturated carbocycles. The van der Waals surface area contributed by atoms with Crippen molar-refractivity contribution in [1.82, 2.24) is 19.6 Å².